The quantitative estimate of drug-likeness (QED) is 0.758. The monoisotopic (exact) mass is 373 g/mol. The molecule has 1 amide bonds. The molecule has 0 saturated heterocycles. The van der Waals surface area contributed by atoms with Crippen molar-refractivity contribution >= 4 is 5.91 Å². The van der Waals surface area contributed by atoms with Crippen LogP contribution in [0.3, 0.4) is 0 Å². The fraction of sp³-hybridized carbons (Fsp3) is 0.278. The first-order chi connectivity index (χ1) is 12.2. The van der Waals surface area contributed by atoms with Gasteiger partial charge in [-0.05, 0) is 35.7 Å². The van der Waals surface area contributed by atoms with E-state index in [0.29, 0.717) is 5.56 Å². The number of alkyl halides is 3. The molecule has 26 heavy (non-hydrogen) atoms. The van der Waals surface area contributed by atoms with Gasteiger partial charge in [-0.3, -0.25) is 4.79 Å². The second-order valence-corrected chi connectivity index (χ2v) is 5.65. The van der Waals surface area contributed by atoms with Crippen LogP contribution in [0, 0.1) is 11.6 Å². The first-order valence-electron chi connectivity index (χ1n) is 7.73. The lowest BCUT2D eigenvalue weighted by Gasteiger charge is -2.18. The fourth-order valence-electron chi connectivity index (χ4n) is 2.41. The third kappa shape index (κ3) is 5.26. The van der Waals surface area contributed by atoms with Gasteiger partial charge in [0, 0.05) is 13.0 Å². The van der Waals surface area contributed by atoms with Crippen molar-refractivity contribution in [3.63, 3.8) is 0 Å². The van der Waals surface area contributed by atoms with E-state index in [4.69, 9.17) is 0 Å². The van der Waals surface area contributed by atoms with Gasteiger partial charge in [0.25, 0.3) is 0 Å². The van der Waals surface area contributed by atoms with E-state index in [1.807, 2.05) is 0 Å². The van der Waals surface area contributed by atoms with Crippen molar-refractivity contribution in [1.82, 2.24) is 5.32 Å². The number of halogens is 5. The van der Waals surface area contributed by atoms with Crippen LogP contribution in [0.25, 0.3) is 0 Å². The third-order valence-corrected chi connectivity index (χ3v) is 3.74. The van der Waals surface area contributed by atoms with Crippen molar-refractivity contribution < 1.29 is 31.9 Å². The number of amides is 1. The van der Waals surface area contributed by atoms with Gasteiger partial charge in [0.1, 0.15) is 0 Å². The van der Waals surface area contributed by atoms with Crippen LogP contribution in [0.5, 0.6) is 0 Å². The molecular weight excluding hydrogens is 357 g/mol. The van der Waals surface area contributed by atoms with Gasteiger partial charge >= 0.3 is 6.18 Å². The summed E-state index contributed by atoms with van der Waals surface area (Å²) < 4.78 is 64.7. The molecule has 0 radical (unpaired) electrons. The Balaban J connectivity index is 1.90. The zero-order valence-electron chi connectivity index (χ0n) is 13.5. The molecule has 8 heteroatoms. The molecule has 140 valence electrons. The number of carbonyl (C=O) groups excluding carboxylic acids is 1. The molecule has 0 saturated carbocycles. The maximum absolute atomic E-state index is 13.1. The largest absolute Gasteiger partial charge is 0.416 e. The van der Waals surface area contributed by atoms with Crippen molar-refractivity contribution in [2.75, 3.05) is 6.54 Å². The Morgan fingerprint density at radius 2 is 1.77 bits per heavy atom. The van der Waals surface area contributed by atoms with Gasteiger partial charge in [0.05, 0.1) is 11.7 Å². The van der Waals surface area contributed by atoms with E-state index in [1.54, 1.807) is 0 Å². The number of hydrogen-bond acceptors (Lipinski definition) is 2. The first-order valence-corrected chi connectivity index (χ1v) is 7.73. The normalized spacial score (nSPS) is 12.7. The predicted octanol–water partition coefficient (Wildman–Crippen LogP) is 3.77. The SMILES string of the molecule is O=C(CCc1ccc(F)c(F)c1)NCC(O)c1ccccc1C(F)(F)F. The van der Waals surface area contributed by atoms with Crippen LogP contribution >= 0.6 is 0 Å². The number of rotatable bonds is 6. The highest BCUT2D eigenvalue weighted by Crippen LogP contribution is 2.34. The summed E-state index contributed by atoms with van der Waals surface area (Å²) in [6.07, 6.45) is -6.11. The minimum Gasteiger partial charge on any atom is -0.387 e. The smallest absolute Gasteiger partial charge is 0.387 e. The second kappa shape index (κ2) is 8.27. The highest BCUT2D eigenvalue weighted by molar-refractivity contribution is 5.76. The Kier molecular flexibility index (Phi) is 6.31. The van der Waals surface area contributed by atoms with E-state index in [1.165, 1.54) is 18.2 Å². The maximum atomic E-state index is 13.1. The fourth-order valence-corrected chi connectivity index (χ4v) is 2.41. The van der Waals surface area contributed by atoms with Crippen LogP contribution < -0.4 is 5.32 Å². The predicted molar refractivity (Wildman–Crippen MR) is 84.1 cm³/mol. The third-order valence-electron chi connectivity index (χ3n) is 3.74. The summed E-state index contributed by atoms with van der Waals surface area (Å²) in [6, 6.07) is 7.81. The lowest BCUT2D eigenvalue weighted by molar-refractivity contribution is -0.139. The minimum atomic E-state index is -4.62. The average molecular weight is 373 g/mol. The number of aliphatic hydroxyl groups excluding tert-OH is 1. The van der Waals surface area contributed by atoms with Gasteiger partial charge in [-0.1, -0.05) is 24.3 Å². The standard InChI is InChI=1S/C18H16F5NO2/c19-14-7-5-11(9-15(14)20)6-8-17(26)24-10-16(25)12-3-1-2-4-13(12)18(21,22)23/h1-5,7,9,16,25H,6,8,10H2,(H,24,26). The molecule has 0 heterocycles. The summed E-state index contributed by atoms with van der Waals surface area (Å²) in [4.78, 5) is 11.8. The van der Waals surface area contributed by atoms with Crippen LogP contribution in [-0.4, -0.2) is 17.6 Å². The summed E-state index contributed by atoms with van der Waals surface area (Å²) in [6.45, 7) is -0.399. The Hall–Kier alpha value is -2.48. The first kappa shape index (κ1) is 19.8. The summed E-state index contributed by atoms with van der Waals surface area (Å²) >= 11 is 0. The molecule has 1 atom stereocenters. The van der Waals surface area contributed by atoms with Crippen molar-refractivity contribution in [1.29, 1.82) is 0 Å². The number of aryl methyl sites for hydroxylation is 1. The Bertz CT molecular complexity index is 776. The van der Waals surface area contributed by atoms with E-state index in [-0.39, 0.29) is 18.4 Å². The van der Waals surface area contributed by atoms with Gasteiger partial charge in [-0.2, -0.15) is 13.2 Å². The summed E-state index contributed by atoms with van der Waals surface area (Å²) in [5.41, 5.74) is -0.897. The van der Waals surface area contributed by atoms with Gasteiger partial charge in [0.2, 0.25) is 5.91 Å². The molecule has 3 nitrogen and oxygen atoms in total. The van der Waals surface area contributed by atoms with Crippen LogP contribution in [0.15, 0.2) is 42.5 Å². The molecule has 0 spiro atoms. The highest BCUT2D eigenvalue weighted by atomic mass is 19.4. The number of benzene rings is 2. The highest BCUT2D eigenvalue weighted by Gasteiger charge is 2.34. The Labute approximate surface area is 146 Å². The molecule has 1 unspecified atom stereocenters. The van der Waals surface area contributed by atoms with E-state index in [0.717, 1.165) is 24.3 Å². The van der Waals surface area contributed by atoms with Crippen molar-refractivity contribution in [3.8, 4) is 0 Å². The van der Waals surface area contributed by atoms with E-state index in [2.05, 4.69) is 5.32 Å². The lowest BCUT2D eigenvalue weighted by Crippen LogP contribution is -2.29. The topological polar surface area (TPSA) is 49.3 Å². The van der Waals surface area contributed by atoms with Crippen molar-refractivity contribution in [2.24, 2.45) is 0 Å². The molecular formula is C18H16F5NO2. The van der Waals surface area contributed by atoms with Gasteiger partial charge in [-0.15, -0.1) is 0 Å². The molecule has 2 rings (SSSR count). The van der Waals surface area contributed by atoms with Crippen molar-refractivity contribution in [3.05, 3.63) is 70.8 Å². The molecule has 0 aromatic heterocycles. The maximum Gasteiger partial charge on any atom is 0.416 e. The summed E-state index contributed by atoms with van der Waals surface area (Å²) in [7, 11) is 0. The van der Waals surface area contributed by atoms with E-state index < -0.39 is 41.9 Å². The lowest BCUT2D eigenvalue weighted by atomic mass is 10.0. The number of hydrogen-bond donors (Lipinski definition) is 2. The molecule has 0 bridgehead atoms. The van der Waals surface area contributed by atoms with Crippen LogP contribution in [-0.2, 0) is 17.4 Å². The molecule has 2 aromatic rings. The van der Waals surface area contributed by atoms with E-state index >= 15 is 0 Å². The molecule has 0 aliphatic rings. The number of carbonyl (C=O) groups is 1. The Morgan fingerprint density at radius 1 is 1.08 bits per heavy atom. The molecule has 2 N–H and O–H groups in total. The summed E-state index contributed by atoms with van der Waals surface area (Å²) in [5, 5.41) is 12.3. The molecule has 0 aliphatic carbocycles. The minimum absolute atomic E-state index is 0.0846. The second-order valence-electron chi connectivity index (χ2n) is 5.65. The molecule has 2 aromatic carbocycles. The van der Waals surface area contributed by atoms with Crippen LogP contribution in [0.2, 0.25) is 0 Å². The molecule has 0 fully saturated rings. The van der Waals surface area contributed by atoms with Gasteiger partial charge in [-0.25, -0.2) is 8.78 Å². The van der Waals surface area contributed by atoms with Crippen molar-refractivity contribution in [2.45, 2.75) is 25.1 Å². The van der Waals surface area contributed by atoms with Crippen LogP contribution in [0.4, 0.5) is 22.0 Å². The van der Waals surface area contributed by atoms with Gasteiger partial charge in [0.15, 0.2) is 11.6 Å². The Morgan fingerprint density at radius 3 is 2.42 bits per heavy atom. The summed E-state index contributed by atoms with van der Waals surface area (Å²) in [5.74, 6) is -2.55. The average Bonchev–Trinajstić information content (AvgIpc) is 2.60. The van der Waals surface area contributed by atoms with Gasteiger partial charge < -0.3 is 10.4 Å². The zero-order chi connectivity index (χ0) is 19.3. The van der Waals surface area contributed by atoms with Crippen LogP contribution in [0.1, 0.15) is 29.2 Å². The zero-order valence-corrected chi connectivity index (χ0v) is 13.5. The molecule has 0 aliphatic heterocycles. The van der Waals surface area contributed by atoms with E-state index in [9.17, 15) is 31.9 Å². The number of nitrogens with one attached hydrogen (secondary N) is 1. The number of aliphatic hydroxyl groups is 1.